The summed E-state index contributed by atoms with van der Waals surface area (Å²) in [5, 5.41) is 9.47. The van der Waals surface area contributed by atoms with Crippen LogP contribution in [0.5, 0.6) is 0 Å². The molecule has 2 N–H and O–H groups in total. The van der Waals surface area contributed by atoms with Gasteiger partial charge in [0.1, 0.15) is 0 Å². The maximum absolute atomic E-state index is 13.1. The third kappa shape index (κ3) is 3.08. The summed E-state index contributed by atoms with van der Waals surface area (Å²) in [6.45, 7) is 5.28. The Balaban J connectivity index is 1.71. The van der Waals surface area contributed by atoms with Gasteiger partial charge < -0.3 is 10.6 Å². The highest BCUT2D eigenvalue weighted by Gasteiger charge is 2.32. The number of benzene rings is 1. The molecule has 1 saturated heterocycles. The molecule has 0 saturated carbocycles. The van der Waals surface area contributed by atoms with Gasteiger partial charge in [0.15, 0.2) is 5.69 Å². The Morgan fingerprint density at radius 2 is 2.15 bits per heavy atom. The zero-order chi connectivity index (χ0) is 19.0. The molecule has 27 heavy (non-hydrogen) atoms. The van der Waals surface area contributed by atoms with Crippen LogP contribution < -0.4 is 5.73 Å². The van der Waals surface area contributed by atoms with Gasteiger partial charge in [0, 0.05) is 30.7 Å². The van der Waals surface area contributed by atoms with Gasteiger partial charge in [-0.05, 0) is 49.9 Å². The van der Waals surface area contributed by atoms with Crippen LogP contribution in [0, 0.1) is 12.8 Å². The molecule has 140 valence electrons. The molecule has 2 unspecified atom stereocenters. The van der Waals surface area contributed by atoms with Crippen LogP contribution in [0.15, 0.2) is 36.5 Å². The van der Waals surface area contributed by atoms with E-state index in [2.05, 4.69) is 22.2 Å². The van der Waals surface area contributed by atoms with Crippen molar-refractivity contribution in [2.75, 3.05) is 13.1 Å². The topological polar surface area (TPSA) is 89.9 Å². The highest BCUT2D eigenvalue weighted by Crippen LogP contribution is 2.26. The van der Waals surface area contributed by atoms with Gasteiger partial charge in [0.2, 0.25) is 0 Å². The predicted molar refractivity (Wildman–Crippen MR) is 104 cm³/mol. The van der Waals surface area contributed by atoms with E-state index < -0.39 is 0 Å². The summed E-state index contributed by atoms with van der Waals surface area (Å²) in [5.74, 6) is 0.502. The Labute approximate surface area is 158 Å². The van der Waals surface area contributed by atoms with Gasteiger partial charge in [0.05, 0.1) is 16.9 Å². The van der Waals surface area contributed by atoms with Crippen LogP contribution >= 0.6 is 0 Å². The summed E-state index contributed by atoms with van der Waals surface area (Å²) in [5.41, 5.74) is 8.79. The summed E-state index contributed by atoms with van der Waals surface area (Å²) < 4.78 is 1.72. The molecular weight excluding hydrogens is 340 g/mol. The minimum absolute atomic E-state index is 0.0626. The number of fused-ring (bicyclic) bond motifs is 1. The second kappa shape index (κ2) is 7.08. The van der Waals surface area contributed by atoms with E-state index in [1.807, 2.05) is 42.2 Å². The first-order chi connectivity index (χ1) is 13.1. The van der Waals surface area contributed by atoms with Crippen molar-refractivity contribution in [2.45, 2.75) is 32.7 Å². The quantitative estimate of drug-likeness (QED) is 0.770. The molecule has 1 amide bonds. The van der Waals surface area contributed by atoms with Gasteiger partial charge in [0.25, 0.3) is 5.91 Å². The first kappa shape index (κ1) is 17.6. The number of nitrogens with two attached hydrogens (primary N) is 1. The van der Waals surface area contributed by atoms with Crippen LogP contribution in [0.3, 0.4) is 0 Å². The fourth-order valence-corrected chi connectivity index (χ4v) is 3.91. The summed E-state index contributed by atoms with van der Waals surface area (Å²) in [6.07, 6.45) is 3.69. The van der Waals surface area contributed by atoms with E-state index in [1.54, 1.807) is 10.9 Å². The standard InChI is InChI=1S/C20H24N6O/c1-13-8-10-25(15(11-13)12-21)20(27)19-14(2)26(24-23-19)18-7-3-6-17-16(18)5-4-9-22-17/h3-7,9,13,15H,8,10-12,21H2,1-2H3. The van der Waals surface area contributed by atoms with Crippen LogP contribution in [-0.4, -0.2) is 49.9 Å². The zero-order valence-corrected chi connectivity index (χ0v) is 15.7. The van der Waals surface area contributed by atoms with E-state index in [-0.39, 0.29) is 11.9 Å². The van der Waals surface area contributed by atoms with Crippen molar-refractivity contribution in [3.8, 4) is 5.69 Å². The summed E-state index contributed by atoms with van der Waals surface area (Å²) in [7, 11) is 0. The summed E-state index contributed by atoms with van der Waals surface area (Å²) in [4.78, 5) is 19.4. The smallest absolute Gasteiger partial charge is 0.276 e. The molecule has 0 bridgehead atoms. The van der Waals surface area contributed by atoms with Crippen molar-refractivity contribution in [1.29, 1.82) is 0 Å². The van der Waals surface area contributed by atoms with Crippen molar-refractivity contribution < 1.29 is 4.79 Å². The van der Waals surface area contributed by atoms with Crippen molar-refractivity contribution >= 4 is 16.8 Å². The number of hydrogen-bond donors (Lipinski definition) is 1. The average Bonchev–Trinajstić information content (AvgIpc) is 3.08. The maximum Gasteiger partial charge on any atom is 0.276 e. The normalized spacial score (nSPS) is 20.2. The highest BCUT2D eigenvalue weighted by molar-refractivity contribution is 5.94. The predicted octanol–water partition coefficient (Wildman–Crippen LogP) is 2.32. The maximum atomic E-state index is 13.1. The fraction of sp³-hybridized carbons (Fsp3) is 0.400. The van der Waals surface area contributed by atoms with Crippen LogP contribution in [0.25, 0.3) is 16.6 Å². The number of rotatable bonds is 3. The molecular formula is C20H24N6O. The number of nitrogens with zero attached hydrogens (tertiary/aromatic N) is 5. The number of hydrogen-bond acceptors (Lipinski definition) is 5. The number of pyridine rings is 1. The molecule has 3 aromatic rings. The minimum atomic E-state index is -0.0838. The van der Waals surface area contributed by atoms with E-state index in [4.69, 9.17) is 5.73 Å². The number of piperidine rings is 1. The van der Waals surface area contributed by atoms with Crippen molar-refractivity contribution in [2.24, 2.45) is 11.7 Å². The van der Waals surface area contributed by atoms with Crippen molar-refractivity contribution in [3.63, 3.8) is 0 Å². The average molecular weight is 364 g/mol. The Bertz CT molecular complexity index is 976. The van der Waals surface area contributed by atoms with Crippen molar-refractivity contribution in [3.05, 3.63) is 47.9 Å². The lowest BCUT2D eigenvalue weighted by Crippen LogP contribution is -2.49. The van der Waals surface area contributed by atoms with Crippen molar-refractivity contribution in [1.82, 2.24) is 24.9 Å². The van der Waals surface area contributed by atoms with Gasteiger partial charge in [-0.15, -0.1) is 5.10 Å². The molecule has 7 heteroatoms. The lowest BCUT2D eigenvalue weighted by molar-refractivity contribution is 0.0566. The highest BCUT2D eigenvalue weighted by atomic mass is 16.2. The molecule has 1 fully saturated rings. The number of carbonyl (C=O) groups excluding carboxylic acids is 1. The van der Waals surface area contributed by atoms with E-state index >= 15 is 0 Å². The van der Waals surface area contributed by atoms with Gasteiger partial charge >= 0.3 is 0 Å². The van der Waals surface area contributed by atoms with Gasteiger partial charge in [-0.25, -0.2) is 4.68 Å². The molecule has 2 atom stereocenters. The van der Waals surface area contributed by atoms with Gasteiger partial charge in [-0.1, -0.05) is 18.2 Å². The first-order valence-corrected chi connectivity index (χ1v) is 9.37. The molecule has 0 spiro atoms. The largest absolute Gasteiger partial charge is 0.333 e. The molecule has 1 aliphatic heterocycles. The molecule has 0 aliphatic carbocycles. The lowest BCUT2D eigenvalue weighted by Gasteiger charge is -2.37. The van der Waals surface area contributed by atoms with Gasteiger partial charge in [-0.3, -0.25) is 9.78 Å². The molecule has 2 aromatic heterocycles. The first-order valence-electron chi connectivity index (χ1n) is 9.37. The molecule has 1 aromatic carbocycles. The number of aromatic nitrogens is 4. The van der Waals surface area contributed by atoms with Crippen LogP contribution in [0.4, 0.5) is 0 Å². The SMILES string of the molecule is Cc1c(C(=O)N2CCC(C)CC2CN)nnn1-c1cccc2ncccc12. The Morgan fingerprint density at radius 1 is 1.30 bits per heavy atom. The number of likely N-dealkylation sites (tertiary alicyclic amines) is 1. The molecule has 4 rings (SSSR count). The van der Waals surface area contributed by atoms with Gasteiger partial charge in [-0.2, -0.15) is 0 Å². The fourth-order valence-electron chi connectivity index (χ4n) is 3.91. The monoisotopic (exact) mass is 364 g/mol. The minimum Gasteiger partial charge on any atom is -0.333 e. The summed E-state index contributed by atoms with van der Waals surface area (Å²) >= 11 is 0. The molecule has 0 radical (unpaired) electrons. The Hall–Kier alpha value is -2.80. The van der Waals surface area contributed by atoms with E-state index in [1.165, 1.54) is 0 Å². The Kier molecular flexibility index (Phi) is 4.61. The van der Waals surface area contributed by atoms with E-state index in [9.17, 15) is 4.79 Å². The molecule has 3 heterocycles. The second-order valence-corrected chi connectivity index (χ2v) is 7.30. The number of amides is 1. The third-order valence-electron chi connectivity index (χ3n) is 5.46. The lowest BCUT2D eigenvalue weighted by atomic mass is 9.92. The second-order valence-electron chi connectivity index (χ2n) is 7.30. The zero-order valence-electron chi connectivity index (χ0n) is 15.7. The van der Waals surface area contributed by atoms with Crippen LogP contribution in [0.2, 0.25) is 0 Å². The third-order valence-corrected chi connectivity index (χ3v) is 5.46. The Morgan fingerprint density at radius 3 is 2.96 bits per heavy atom. The molecule has 1 aliphatic rings. The number of carbonyl (C=O) groups is 1. The summed E-state index contributed by atoms with van der Waals surface area (Å²) in [6, 6.07) is 9.81. The molecule has 7 nitrogen and oxygen atoms in total. The van der Waals surface area contributed by atoms with Crippen LogP contribution in [-0.2, 0) is 0 Å². The van der Waals surface area contributed by atoms with E-state index in [0.717, 1.165) is 35.1 Å². The van der Waals surface area contributed by atoms with Crippen LogP contribution in [0.1, 0.15) is 35.9 Å². The van der Waals surface area contributed by atoms with E-state index in [0.29, 0.717) is 24.7 Å².